The summed E-state index contributed by atoms with van der Waals surface area (Å²) in [5, 5.41) is 7.07. The first kappa shape index (κ1) is 21.0. The lowest BCUT2D eigenvalue weighted by molar-refractivity contribution is -0.118. The van der Waals surface area contributed by atoms with E-state index in [-0.39, 0.29) is 18.3 Å². The number of hydrogen-bond acceptors (Lipinski definition) is 4. The average molecular weight is 426 g/mol. The smallest absolute Gasteiger partial charge is 0.271 e. The van der Waals surface area contributed by atoms with Gasteiger partial charge in [-0.05, 0) is 60.7 Å². The van der Waals surface area contributed by atoms with Gasteiger partial charge in [-0.25, -0.2) is 9.82 Å². The van der Waals surface area contributed by atoms with E-state index in [4.69, 9.17) is 16.3 Å². The Labute approximate surface area is 177 Å². The van der Waals surface area contributed by atoms with Crippen LogP contribution < -0.4 is 15.5 Å². The number of hydrazone groups is 1. The molecule has 152 valence electrons. The summed E-state index contributed by atoms with van der Waals surface area (Å²) >= 11 is 5.80. The average Bonchev–Trinajstić information content (AvgIpc) is 2.75. The van der Waals surface area contributed by atoms with Gasteiger partial charge in [0.05, 0.1) is 6.21 Å². The molecule has 0 saturated carbocycles. The molecule has 3 aromatic carbocycles. The Morgan fingerprint density at radius 1 is 1.00 bits per heavy atom. The van der Waals surface area contributed by atoms with E-state index in [0.717, 1.165) is 0 Å². The first-order valence-corrected chi connectivity index (χ1v) is 9.25. The summed E-state index contributed by atoms with van der Waals surface area (Å²) in [7, 11) is 0. The van der Waals surface area contributed by atoms with Crippen LogP contribution >= 0.6 is 11.6 Å². The molecular weight excluding hydrogens is 409 g/mol. The first-order valence-electron chi connectivity index (χ1n) is 8.87. The second kappa shape index (κ2) is 10.2. The Kier molecular flexibility index (Phi) is 7.13. The third-order valence-electron chi connectivity index (χ3n) is 3.88. The second-order valence-electron chi connectivity index (χ2n) is 6.09. The molecule has 6 nitrogen and oxygen atoms in total. The fourth-order valence-electron chi connectivity index (χ4n) is 2.42. The number of nitrogens with one attached hydrogen (secondary N) is 2. The van der Waals surface area contributed by atoms with Crippen molar-refractivity contribution in [3.63, 3.8) is 0 Å². The zero-order valence-electron chi connectivity index (χ0n) is 15.6. The van der Waals surface area contributed by atoms with Crippen LogP contribution in [-0.2, 0) is 4.79 Å². The first-order chi connectivity index (χ1) is 14.5. The van der Waals surface area contributed by atoms with Gasteiger partial charge in [-0.15, -0.1) is 0 Å². The van der Waals surface area contributed by atoms with Crippen LogP contribution in [-0.4, -0.2) is 24.6 Å². The molecule has 3 rings (SSSR count). The molecule has 0 unspecified atom stereocenters. The number of ether oxygens (including phenoxy) is 1. The molecule has 2 N–H and O–H groups in total. The van der Waals surface area contributed by atoms with Gasteiger partial charge in [-0.3, -0.25) is 9.59 Å². The van der Waals surface area contributed by atoms with E-state index in [2.05, 4.69) is 15.8 Å². The highest BCUT2D eigenvalue weighted by molar-refractivity contribution is 6.30. The number of nitrogens with zero attached hydrogens (tertiary/aromatic N) is 1. The Morgan fingerprint density at radius 2 is 1.70 bits per heavy atom. The highest BCUT2D eigenvalue weighted by Crippen LogP contribution is 2.16. The van der Waals surface area contributed by atoms with Gasteiger partial charge < -0.3 is 10.1 Å². The highest BCUT2D eigenvalue weighted by atomic mass is 35.5. The lowest BCUT2D eigenvalue weighted by Crippen LogP contribution is -2.20. The molecule has 0 heterocycles. The molecule has 0 aliphatic carbocycles. The lowest BCUT2D eigenvalue weighted by atomic mass is 10.2. The van der Waals surface area contributed by atoms with Gasteiger partial charge in [0.25, 0.3) is 11.8 Å². The van der Waals surface area contributed by atoms with Crippen molar-refractivity contribution >= 4 is 35.3 Å². The van der Waals surface area contributed by atoms with Crippen molar-refractivity contribution in [3.8, 4) is 5.75 Å². The quantitative estimate of drug-likeness (QED) is 0.438. The van der Waals surface area contributed by atoms with E-state index < -0.39 is 5.91 Å². The number of anilines is 1. The van der Waals surface area contributed by atoms with E-state index in [0.29, 0.717) is 27.6 Å². The SMILES string of the molecule is O=C(COc1ccccc1/C=N\NC(=O)c1ccc(Cl)cc1)Nc1ccc(F)cc1. The summed E-state index contributed by atoms with van der Waals surface area (Å²) in [6.07, 6.45) is 1.42. The Balaban J connectivity index is 1.56. The lowest BCUT2D eigenvalue weighted by Gasteiger charge is -2.09. The van der Waals surface area contributed by atoms with Crippen molar-refractivity contribution in [2.45, 2.75) is 0 Å². The van der Waals surface area contributed by atoms with Gasteiger partial charge in [0.15, 0.2) is 6.61 Å². The maximum absolute atomic E-state index is 12.9. The van der Waals surface area contributed by atoms with Crippen LogP contribution in [0.3, 0.4) is 0 Å². The highest BCUT2D eigenvalue weighted by Gasteiger charge is 2.07. The molecule has 30 heavy (non-hydrogen) atoms. The van der Waals surface area contributed by atoms with Crippen LogP contribution in [0.4, 0.5) is 10.1 Å². The van der Waals surface area contributed by atoms with Crippen molar-refractivity contribution in [2.24, 2.45) is 5.10 Å². The summed E-state index contributed by atoms with van der Waals surface area (Å²) in [6.45, 7) is -0.251. The predicted molar refractivity (Wildman–Crippen MR) is 113 cm³/mol. The monoisotopic (exact) mass is 425 g/mol. The number of amides is 2. The number of carbonyl (C=O) groups is 2. The van der Waals surface area contributed by atoms with Gasteiger partial charge in [0.2, 0.25) is 0 Å². The summed E-state index contributed by atoms with van der Waals surface area (Å²) in [5.74, 6) is -0.763. The number of para-hydroxylation sites is 1. The molecule has 2 amide bonds. The van der Waals surface area contributed by atoms with Crippen molar-refractivity contribution < 1.29 is 18.7 Å². The summed E-state index contributed by atoms with van der Waals surface area (Å²) in [4.78, 5) is 24.1. The van der Waals surface area contributed by atoms with E-state index in [1.165, 1.54) is 30.5 Å². The van der Waals surface area contributed by atoms with Crippen molar-refractivity contribution in [2.75, 3.05) is 11.9 Å². The molecule has 0 aliphatic heterocycles. The zero-order valence-corrected chi connectivity index (χ0v) is 16.4. The third-order valence-corrected chi connectivity index (χ3v) is 4.13. The molecule has 0 saturated heterocycles. The minimum atomic E-state index is -0.399. The van der Waals surface area contributed by atoms with Gasteiger partial charge in [-0.1, -0.05) is 23.7 Å². The molecule has 3 aromatic rings. The summed E-state index contributed by atoms with van der Waals surface area (Å²) < 4.78 is 18.5. The largest absolute Gasteiger partial charge is 0.483 e. The van der Waals surface area contributed by atoms with E-state index in [1.54, 1.807) is 48.5 Å². The molecule has 0 fully saturated rings. The van der Waals surface area contributed by atoms with Crippen LogP contribution in [0.1, 0.15) is 15.9 Å². The molecule has 0 radical (unpaired) electrons. The number of benzene rings is 3. The van der Waals surface area contributed by atoms with Crippen molar-refractivity contribution in [3.05, 3.63) is 94.8 Å². The molecule has 0 bridgehead atoms. The number of carbonyl (C=O) groups excluding carboxylic acids is 2. The Hall–Kier alpha value is -3.71. The zero-order chi connectivity index (χ0) is 21.3. The number of rotatable bonds is 7. The van der Waals surface area contributed by atoms with E-state index in [1.807, 2.05) is 0 Å². The van der Waals surface area contributed by atoms with Crippen molar-refractivity contribution in [1.82, 2.24) is 5.43 Å². The van der Waals surface area contributed by atoms with Crippen LogP contribution in [0.15, 0.2) is 77.9 Å². The molecule has 0 atom stereocenters. The molecule has 0 aliphatic rings. The van der Waals surface area contributed by atoms with Gasteiger partial charge in [0.1, 0.15) is 11.6 Å². The van der Waals surface area contributed by atoms with E-state index in [9.17, 15) is 14.0 Å². The minimum Gasteiger partial charge on any atom is -0.483 e. The number of hydrogen-bond donors (Lipinski definition) is 2. The fraction of sp³-hybridized carbons (Fsp3) is 0.0455. The molecule has 8 heteroatoms. The Morgan fingerprint density at radius 3 is 2.43 bits per heavy atom. The summed E-state index contributed by atoms with van der Waals surface area (Å²) in [6, 6.07) is 18.7. The molecule has 0 spiro atoms. The van der Waals surface area contributed by atoms with E-state index >= 15 is 0 Å². The van der Waals surface area contributed by atoms with Gasteiger partial charge >= 0.3 is 0 Å². The fourth-order valence-corrected chi connectivity index (χ4v) is 2.54. The summed E-state index contributed by atoms with van der Waals surface area (Å²) in [5.41, 5.74) is 3.87. The molecular formula is C22H17ClFN3O3. The second-order valence-corrected chi connectivity index (χ2v) is 6.52. The van der Waals surface area contributed by atoms with Crippen LogP contribution in [0.2, 0.25) is 5.02 Å². The van der Waals surface area contributed by atoms with Gasteiger partial charge in [0, 0.05) is 21.8 Å². The van der Waals surface area contributed by atoms with Gasteiger partial charge in [-0.2, -0.15) is 5.10 Å². The third kappa shape index (κ3) is 6.15. The Bertz CT molecular complexity index is 1050. The normalized spacial score (nSPS) is 10.6. The maximum atomic E-state index is 12.9. The van der Waals surface area contributed by atoms with Crippen LogP contribution in [0, 0.1) is 5.82 Å². The van der Waals surface area contributed by atoms with Crippen LogP contribution in [0.25, 0.3) is 0 Å². The number of halogens is 2. The standard InChI is InChI=1S/C22H17ClFN3O3/c23-17-7-5-15(6-8-17)22(29)27-25-13-16-3-1-2-4-20(16)30-14-21(28)26-19-11-9-18(24)10-12-19/h1-13H,14H2,(H,26,28)(H,27,29)/b25-13-. The van der Waals surface area contributed by atoms with Crippen LogP contribution in [0.5, 0.6) is 5.75 Å². The van der Waals surface area contributed by atoms with Crippen molar-refractivity contribution in [1.29, 1.82) is 0 Å². The molecule has 0 aromatic heterocycles. The predicted octanol–water partition coefficient (Wildman–Crippen LogP) is 4.26. The minimum absolute atomic E-state index is 0.251. The topological polar surface area (TPSA) is 79.8 Å². The maximum Gasteiger partial charge on any atom is 0.271 e.